The quantitative estimate of drug-likeness (QED) is 0.711. The lowest BCUT2D eigenvalue weighted by Gasteiger charge is -2.05. The molecule has 0 saturated carbocycles. The first-order valence-electron chi connectivity index (χ1n) is 3.28. The molecule has 0 fully saturated rings. The average molecular weight is 187 g/mol. The van der Waals surface area contributed by atoms with E-state index in [2.05, 4.69) is 4.74 Å². The molecular formula is C8H4F3NO. The van der Waals surface area contributed by atoms with E-state index in [1.165, 1.54) is 0 Å². The number of ether oxygens (including phenoxy) is 1. The first kappa shape index (κ1) is 9.39. The second kappa shape index (κ2) is 3.81. The van der Waals surface area contributed by atoms with E-state index in [1.54, 1.807) is 6.07 Å². The smallest absolute Gasteiger partial charge is 0.387 e. The van der Waals surface area contributed by atoms with Gasteiger partial charge in [0.1, 0.15) is 17.6 Å². The van der Waals surface area contributed by atoms with E-state index < -0.39 is 18.2 Å². The SMILES string of the molecule is N#Cc1ccc(F)cc1OC(F)F. The maximum Gasteiger partial charge on any atom is 0.387 e. The number of benzene rings is 1. The van der Waals surface area contributed by atoms with Crippen molar-refractivity contribution < 1.29 is 17.9 Å². The highest BCUT2D eigenvalue weighted by Gasteiger charge is 2.09. The van der Waals surface area contributed by atoms with Crippen molar-refractivity contribution >= 4 is 0 Å². The molecule has 0 atom stereocenters. The molecule has 0 heterocycles. The summed E-state index contributed by atoms with van der Waals surface area (Å²) < 4.78 is 39.8. The van der Waals surface area contributed by atoms with E-state index in [9.17, 15) is 13.2 Å². The van der Waals surface area contributed by atoms with Gasteiger partial charge in [0.25, 0.3) is 0 Å². The Morgan fingerprint density at radius 2 is 2.08 bits per heavy atom. The van der Waals surface area contributed by atoms with Gasteiger partial charge >= 0.3 is 6.61 Å². The van der Waals surface area contributed by atoms with E-state index in [0.717, 1.165) is 18.2 Å². The third kappa shape index (κ3) is 2.37. The minimum Gasteiger partial charge on any atom is -0.433 e. The van der Waals surface area contributed by atoms with Gasteiger partial charge in [0, 0.05) is 6.07 Å². The van der Waals surface area contributed by atoms with Crippen LogP contribution in [-0.2, 0) is 0 Å². The zero-order valence-electron chi connectivity index (χ0n) is 6.30. The molecule has 2 nitrogen and oxygen atoms in total. The van der Waals surface area contributed by atoms with E-state index in [-0.39, 0.29) is 5.56 Å². The molecule has 13 heavy (non-hydrogen) atoms. The first-order chi connectivity index (χ1) is 6.13. The van der Waals surface area contributed by atoms with Gasteiger partial charge in [-0.1, -0.05) is 0 Å². The van der Waals surface area contributed by atoms with Crippen LogP contribution < -0.4 is 4.74 Å². The fourth-order valence-electron chi connectivity index (χ4n) is 0.782. The van der Waals surface area contributed by atoms with Crippen LogP contribution in [0.3, 0.4) is 0 Å². The van der Waals surface area contributed by atoms with E-state index in [1.807, 2.05) is 0 Å². The molecule has 1 aromatic rings. The lowest BCUT2D eigenvalue weighted by Crippen LogP contribution is -2.03. The number of rotatable bonds is 2. The summed E-state index contributed by atoms with van der Waals surface area (Å²) in [4.78, 5) is 0. The molecule has 5 heteroatoms. The van der Waals surface area contributed by atoms with Crippen molar-refractivity contribution in [3.8, 4) is 11.8 Å². The van der Waals surface area contributed by atoms with Gasteiger partial charge in [-0.15, -0.1) is 0 Å². The molecule has 0 aromatic heterocycles. The predicted molar refractivity (Wildman–Crippen MR) is 37.7 cm³/mol. The van der Waals surface area contributed by atoms with Crippen molar-refractivity contribution in [2.45, 2.75) is 6.61 Å². The number of hydrogen-bond donors (Lipinski definition) is 0. The minimum atomic E-state index is -3.06. The average Bonchev–Trinajstić information content (AvgIpc) is 2.03. The molecule has 0 saturated heterocycles. The van der Waals surface area contributed by atoms with Crippen molar-refractivity contribution in [1.29, 1.82) is 5.26 Å². The second-order valence-corrected chi connectivity index (χ2v) is 2.13. The number of halogens is 3. The molecule has 0 spiro atoms. The van der Waals surface area contributed by atoms with Crippen molar-refractivity contribution in [2.75, 3.05) is 0 Å². The zero-order chi connectivity index (χ0) is 9.84. The van der Waals surface area contributed by atoms with E-state index in [4.69, 9.17) is 5.26 Å². The van der Waals surface area contributed by atoms with Crippen LogP contribution in [0.25, 0.3) is 0 Å². The Morgan fingerprint density at radius 3 is 2.62 bits per heavy atom. The van der Waals surface area contributed by atoms with Crippen molar-refractivity contribution in [3.63, 3.8) is 0 Å². The standard InChI is InChI=1S/C8H4F3NO/c9-6-2-1-5(4-12)7(3-6)13-8(10)11/h1-3,8H. The Kier molecular flexibility index (Phi) is 2.75. The van der Waals surface area contributed by atoms with Gasteiger partial charge < -0.3 is 4.74 Å². The molecule has 0 aliphatic carbocycles. The van der Waals surface area contributed by atoms with Gasteiger partial charge in [0.05, 0.1) is 5.56 Å². The molecule has 0 amide bonds. The largest absolute Gasteiger partial charge is 0.433 e. The molecule has 0 radical (unpaired) electrons. The molecule has 0 N–H and O–H groups in total. The predicted octanol–water partition coefficient (Wildman–Crippen LogP) is 2.30. The van der Waals surface area contributed by atoms with Crippen LogP contribution in [0.1, 0.15) is 5.56 Å². The summed E-state index contributed by atoms with van der Waals surface area (Å²) in [5.74, 6) is -1.17. The Morgan fingerprint density at radius 1 is 1.38 bits per heavy atom. The topological polar surface area (TPSA) is 33.0 Å². The summed E-state index contributed by atoms with van der Waals surface area (Å²) in [6, 6.07) is 4.42. The third-order valence-electron chi connectivity index (χ3n) is 1.28. The fourth-order valence-corrected chi connectivity index (χ4v) is 0.782. The van der Waals surface area contributed by atoms with Gasteiger partial charge in [0.15, 0.2) is 0 Å². The van der Waals surface area contributed by atoms with E-state index in [0.29, 0.717) is 0 Å². The van der Waals surface area contributed by atoms with Gasteiger partial charge in [-0.05, 0) is 12.1 Å². The molecule has 1 aromatic carbocycles. The Balaban J connectivity index is 3.03. The molecule has 0 aliphatic heterocycles. The summed E-state index contributed by atoms with van der Waals surface area (Å²) in [6.45, 7) is -3.06. The van der Waals surface area contributed by atoms with Gasteiger partial charge in [0.2, 0.25) is 0 Å². The van der Waals surface area contributed by atoms with Crippen LogP contribution in [0.5, 0.6) is 5.75 Å². The highest BCUT2D eigenvalue weighted by atomic mass is 19.3. The Bertz CT molecular complexity index is 346. The summed E-state index contributed by atoms with van der Waals surface area (Å²) in [5.41, 5.74) is -0.123. The summed E-state index contributed by atoms with van der Waals surface area (Å²) in [5, 5.41) is 8.42. The monoisotopic (exact) mass is 187 g/mol. The third-order valence-corrected chi connectivity index (χ3v) is 1.28. The second-order valence-electron chi connectivity index (χ2n) is 2.13. The molecule has 68 valence electrons. The molecule has 1 rings (SSSR count). The fraction of sp³-hybridized carbons (Fsp3) is 0.125. The lowest BCUT2D eigenvalue weighted by atomic mass is 10.2. The van der Waals surface area contributed by atoms with Gasteiger partial charge in [-0.3, -0.25) is 0 Å². The number of alkyl halides is 2. The van der Waals surface area contributed by atoms with Crippen molar-refractivity contribution in [3.05, 3.63) is 29.6 Å². The summed E-state index contributed by atoms with van der Waals surface area (Å²) in [6.07, 6.45) is 0. The number of nitrogens with zero attached hydrogens (tertiary/aromatic N) is 1. The van der Waals surface area contributed by atoms with Crippen LogP contribution in [0, 0.1) is 17.1 Å². The summed E-state index contributed by atoms with van der Waals surface area (Å²) in [7, 11) is 0. The number of hydrogen-bond acceptors (Lipinski definition) is 2. The van der Waals surface area contributed by atoms with E-state index >= 15 is 0 Å². The first-order valence-corrected chi connectivity index (χ1v) is 3.28. The van der Waals surface area contributed by atoms with Crippen LogP contribution in [0.15, 0.2) is 18.2 Å². The van der Waals surface area contributed by atoms with Gasteiger partial charge in [-0.2, -0.15) is 14.0 Å². The van der Waals surface area contributed by atoms with Crippen molar-refractivity contribution in [2.24, 2.45) is 0 Å². The zero-order valence-corrected chi connectivity index (χ0v) is 6.30. The highest BCUT2D eigenvalue weighted by Crippen LogP contribution is 2.20. The lowest BCUT2D eigenvalue weighted by molar-refractivity contribution is -0.0501. The molecule has 0 unspecified atom stereocenters. The molecule has 0 aliphatic rings. The normalized spacial score (nSPS) is 9.77. The van der Waals surface area contributed by atoms with Crippen molar-refractivity contribution in [1.82, 2.24) is 0 Å². The highest BCUT2D eigenvalue weighted by molar-refractivity contribution is 5.42. The van der Waals surface area contributed by atoms with Crippen LogP contribution in [0.2, 0.25) is 0 Å². The maximum atomic E-state index is 12.5. The number of nitriles is 1. The van der Waals surface area contributed by atoms with Gasteiger partial charge in [-0.25, -0.2) is 4.39 Å². The van der Waals surface area contributed by atoms with Crippen LogP contribution in [-0.4, -0.2) is 6.61 Å². The molecule has 0 bridgehead atoms. The maximum absolute atomic E-state index is 12.5. The Hall–Kier alpha value is -1.70. The van der Waals surface area contributed by atoms with Crippen LogP contribution in [0.4, 0.5) is 13.2 Å². The Labute approximate surface area is 72.2 Å². The van der Waals surface area contributed by atoms with Crippen LogP contribution >= 0.6 is 0 Å². The summed E-state index contributed by atoms with van der Waals surface area (Å²) >= 11 is 0. The minimum absolute atomic E-state index is 0.123. The molecular weight excluding hydrogens is 183 g/mol.